The first-order valence-electron chi connectivity index (χ1n) is 8.40. The van der Waals surface area contributed by atoms with Crippen molar-refractivity contribution in [3.05, 3.63) is 18.2 Å². The highest BCUT2D eigenvalue weighted by Crippen LogP contribution is 2.27. The van der Waals surface area contributed by atoms with Crippen molar-refractivity contribution < 1.29 is 9.53 Å². The molecule has 1 aromatic rings. The molecule has 0 radical (unpaired) electrons. The number of carbonyl (C=O) groups is 1. The first-order chi connectivity index (χ1) is 10.7. The highest BCUT2D eigenvalue weighted by molar-refractivity contribution is 5.81. The Kier molecular flexibility index (Phi) is 4.78. The lowest BCUT2D eigenvalue weighted by Crippen LogP contribution is -2.53. The fourth-order valence-electron chi connectivity index (χ4n) is 3.51. The number of imidazole rings is 1. The Balaban J connectivity index is 1.66. The third-order valence-electron chi connectivity index (χ3n) is 4.88. The van der Waals surface area contributed by atoms with Gasteiger partial charge in [-0.2, -0.15) is 0 Å². The summed E-state index contributed by atoms with van der Waals surface area (Å²) in [7, 11) is 0. The number of aromatic amines is 1. The van der Waals surface area contributed by atoms with Crippen LogP contribution in [-0.2, 0) is 9.53 Å². The Hall–Kier alpha value is -1.40. The van der Waals surface area contributed by atoms with E-state index >= 15 is 0 Å². The number of amides is 1. The molecule has 3 rings (SSSR count). The molecule has 6 heteroatoms. The summed E-state index contributed by atoms with van der Waals surface area (Å²) < 4.78 is 5.88. The van der Waals surface area contributed by atoms with Crippen LogP contribution in [0.1, 0.15) is 45.0 Å². The molecule has 2 aliphatic heterocycles. The molecule has 1 aromatic heterocycles. The van der Waals surface area contributed by atoms with Gasteiger partial charge in [-0.15, -0.1) is 0 Å². The zero-order valence-corrected chi connectivity index (χ0v) is 13.5. The second-order valence-electron chi connectivity index (χ2n) is 6.14. The Morgan fingerprint density at radius 1 is 1.41 bits per heavy atom. The van der Waals surface area contributed by atoms with Crippen molar-refractivity contribution in [3.63, 3.8) is 0 Å². The number of H-pyrrole nitrogens is 1. The molecule has 0 saturated carbocycles. The molecule has 2 aliphatic rings. The molecule has 6 nitrogen and oxygen atoms in total. The van der Waals surface area contributed by atoms with E-state index < -0.39 is 0 Å². The lowest BCUT2D eigenvalue weighted by Gasteiger charge is -2.40. The fraction of sp³-hybridized carbons (Fsp3) is 0.750. The smallest absolute Gasteiger partial charge is 0.251 e. The van der Waals surface area contributed by atoms with Crippen LogP contribution in [-0.4, -0.2) is 64.1 Å². The molecule has 0 bridgehead atoms. The van der Waals surface area contributed by atoms with Gasteiger partial charge in [-0.25, -0.2) is 4.98 Å². The average Bonchev–Trinajstić information content (AvgIpc) is 3.24. The predicted molar refractivity (Wildman–Crippen MR) is 83.3 cm³/mol. The van der Waals surface area contributed by atoms with Gasteiger partial charge in [0.25, 0.3) is 5.91 Å². The molecule has 22 heavy (non-hydrogen) atoms. The number of nitrogens with zero attached hydrogens (tertiary/aromatic N) is 3. The third kappa shape index (κ3) is 3.03. The highest BCUT2D eigenvalue weighted by atomic mass is 16.5. The van der Waals surface area contributed by atoms with Crippen LogP contribution in [0.5, 0.6) is 0 Å². The minimum atomic E-state index is -0.240. The van der Waals surface area contributed by atoms with Crippen molar-refractivity contribution in [2.24, 2.45) is 0 Å². The number of hydrogen-bond acceptors (Lipinski definition) is 4. The molecular weight excluding hydrogens is 280 g/mol. The maximum Gasteiger partial charge on any atom is 0.251 e. The first-order valence-corrected chi connectivity index (χ1v) is 8.40. The Morgan fingerprint density at radius 3 is 2.91 bits per heavy atom. The standard InChI is InChI=1S/C16H26N4O2/c1-3-12-5-6-14(22-12)16(21)20-10-9-19(4-2)13(11-20)15-17-7-8-18-15/h7-8,12-14H,3-6,9-11H2,1-2H3,(H,17,18). The molecule has 1 amide bonds. The number of piperazine rings is 1. The Morgan fingerprint density at radius 2 is 2.27 bits per heavy atom. The quantitative estimate of drug-likeness (QED) is 0.917. The molecule has 0 aliphatic carbocycles. The first kappa shape index (κ1) is 15.5. The van der Waals surface area contributed by atoms with E-state index in [-0.39, 0.29) is 24.2 Å². The van der Waals surface area contributed by atoms with Gasteiger partial charge in [0.1, 0.15) is 11.9 Å². The van der Waals surface area contributed by atoms with Crippen molar-refractivity contribution in [3.8, 4) is 0 Å². The molecule has 122 valence electrons. The molecule has 3 unspecified atom stereocenters. The zero-order valence-electron chi connectivity index (χ0n) is 13.5. The van der Waals surface area contributed by atoms with Crippen molar-refractivity contribution >= 4 is 5.91 Å². The summed E-state index contributed by atoms with van der Waals surface area (Å²) in [6, 6.07) is 0.154. The van der Waals surface area contributed by atoms with Crippen molar-refractivity contribution in [1.82, 2.24) is 19.8 Å². The molecule has 0 spiro atoms. The van der Waals surface area contributed by atoms with Crippen LogP contribution in [0.25, 0.3) is 0 Å². The number of aromatic nitrogens is 2. The second kappa shape index (κ2) is 6.79. The maximum atomic E-state index is 12.7. The van der Waals surface area contributed by atoms with E-state index in [9.17, 15) is 4.79 Å². The summed E-state index contributed by atoms with van der Waals surface area (Å²) in [6.45, 7) is 7.59. The molecule has 3 heterocycles. The number of hydrogen-bond donors (Lipinski definition) is 1. The number of nitrogens with one attached hydrogen (secondary N) is 1. The molecule has 0 aromatic carbocycles. The van der Waals surface area contributed by atoms with Crippen molar-refractivity contribution in [2.45, 2.75) is 51.4 Å². The number of likely N-dealkylation sites (N-methyl/N-ethyl adjacent to an activating group) is 1. The SMILES string of the molecule is CCC1CCC(C(=O)N2CCN(CC)C(c3ncc[nH]3)C2)O1. The molecule has 2 saturated heterocycles. The normalized spacial score (nSPS) is 29.9. The summed E-state index contributed by atoms with van der Waals surface area (Å²) in [5.74, 6) is 1.10. The van der Waals surface area contributed by atoms with Crippen LogP contribution < -0.4 is 0 Å². The van der Waals surface area contributed by atoms with Crippen molar-refractivity contribution in [2.75, 3.05) is 26.2 Å². The van der Waals surface area contributed by atoms with Gasteiger partial charge in [0.15, 0.2) is 0 Å². The molecule has 2 fully saturated rings. The van der Waals surface area contributed by atoms with Gasteiger partial charge in [-0.1, -0.05) is 13.8 Å². The van der Waals surface area contributed by atoms with Gasteiger partial charge in [0.2, 0.25) is 0 Å². The van der Waals surface area contributed by atoms with E-state index in [1.165, 1.54) is 0 Å². The van der Waals surface area contributed by atoms with E-state index in [2.05, 4.69) is 28.7 Å². The zero-order chi connectivity index (χ0) is 15.5. The summed E-state index contributed by atoms with van der Waals surface area (Å²) in [5.41, 5.74) is 0. The third-order valence-corrected chi connectivity index (χ3v) is 4.88. The van der Waals surface area contributed by atoms with Crippen LogP contribution >= 0.6 is 0 Å². The summed E-state index contributed by atoms with van der Waals surface area (Å²) >= 11 is 0. The van der Waals surface area contributed by atoms with Crippen molar-refractivity contribution in [1.29, 1.82) is 0 Å². The summed E-state index contributed by atoms with van der Waals surface area (Å²) in [5, 5.41) is 0. The predicted octanol–water partition coefficient (Wildman–Crippen LogP) is 1.57. The number of carbonyl (C=O) groups excluding carboxylic acids is 1. The van der Waals surface area contributed by atoms with E-state index in [0.29, 0.717) is 6.54 Å². The van der Waals surface area contributed by atoms with E-state index in [0.717, 1.165) is 44.7 Å². The summed E-state index contributed by atoms with van der Waals surface area (Å²) in [6.07, 6.45) is 6.48. The lowest BCUT2D eigenvalue weighted by atomic mass is 10.1. The largest absolute Gasteiger partial charge is 0.365 e. The van der Waals surface area contributed by atoms with Gasteiger partial charge in [-0.05, 0) is 25.8 Å². The van der Waals surface area contributed by atoms with E-state index in [4.69, 9.17) is 4.74 Å². The average molecular weight is 306 g/mol. The molecule has 1 N–H and O–H groups in total. The minimum Gasteiger partial charge on any atom is -0.365 e. The molecule has 3 atom stereocenters. The van der Waals surface area contributed by atoms with Gasteiger partial charge in [-0.3, -0.25) is 9.69 Å². The Bertz CT molecular complexity index is 490. The van der Waals surface area contributed by atoms with Crippen LogP contribution in [0.4, 0.5) is 0 Å². The van der Waals surface area contributed by atoms with Gasteiger partial charge in [0.05, 0.1) is 12.1 Å². The fourth-order valence-corrected chi connectivity index (χ4v) is 3.51. The number of rotatable bonds is 4. The molecular formula is C16H26N4O2. The van der Waals surface area contributed by atoms with Gasteiger partial charge >= 0.3 is 0 Å². The van der Waals surface area contributed by atoms with Gasteiger partial charge < -0.3 is 14.6 Å². The maximum absolute atomic E-state index is 12.7. The minimum absolute atomic E-state index is 0.154. The van der Waals surface area contributed by atoms with Crippen LogP contribution in [0.3, 0.4) is 0 Å². The van der Waals surface area contributed by atoms with Gasteiger partial charge in [0, 0.05) is 32.0 Å². The number of ether oxygens (including phenoxy) is 1. The second-order valence-corrected chi connectivity index (χ2v) is 6.14. The lowest BCUT2D eigenvalue weighted by molar-refractivity contribution is -0.146. The Labute approximate surface area is 131 Å². The topological polar surface area (TPSA) is 61.5 Å². The van der Waals surface area contributed by atoms with Crippen LogP contribution in [0.2, 0.25) is 0 Å². The highest BCUT2D eigenvalue weighted by Gasteiger charge is 2.37. The van der Waals surface area contributed by atoms with E-state index in [1.807, 2.05) is 11.1 Å². The van der Waals surface area contributed by atoms with E-state index in [1.54, 1.807) is 6.20 Å². The monoisotopic (exact) mass is 306 g/mol. The van der Waals surface area contributed by atoms with Crippen LogP contribution in [0.15, 0.2) is 12.4 Å². The summed E-state index contributed by atoms with van der Waals surface area (Å²) in [4.78, 5) is 24.6. The van der Waals surface area contributed by atoms with Crippen LogP contribution in [0, 0.1) is 0 Å².